The molecular formula is C11H21N2O+. The fourth-order valence-electron chi connectivity index (χ4n) is 1.55. The molecule has 3 nitrogen and oxygen atoms in total. The van der Waals surface area contributed by atoms with E-state index in [4.69, 9.17) is 4.74 Å². The highest BCUT2D eigenvalue weighted by Crippen LogP contribution is 1.98. The molecule has 0 aliphatic rings. The fourth-order valence-corrected chi connectivity index (χ4v) is 1.55. The molecule has 3 heteroatoms. The van der Waals surface area contributed by atoms with Crippen LogP contribution >= 0.6 is 0 Å². The molecular weight excluding hydrogens is 176 g/mol. The van der Waals surface area contributed by atoms with Crippen molar-refractivity contribution in [2.45, 2.75) is 39.7 Å². The van der Waals surface area contributed by atoms with Gasteiger partial charge in [0.2, 0.25) is 0 Å². The smallest absolute Gasteiger partial charge is 0.254 e. The molecule has 0 fully saturated rings. The molecule has 80 valence electrons. The Morgan fingerprint density at radius 1 is 1.36 bits per heavy atom. The van der Waals surface area contributed by atoms with Gasteiger partial charge in [0, 0.05) is 19.6 Å². The zero-order valence-electron chi connectivity index (χ0n) is 9.25. The molecule has 1 aromatic rings. The maximum absolute atomic E-state index is 5.29. The molecule has 1 heterocycles. The van der Waals surface area contributed by atoms with Gasteiger partial charge in [0.1, 0.15) is 12.4 Å². The zero-order chi connectivity index (χ0) is 10.2. The van der Waals surface area contributed by atoms with E-state index in [0.29, 0.717) is 0 Å². The molecule has 0 spiro atoms. The highest BCUT2D eigenvalue weighted by molar-refractivity contribution is 4.77. The van der Waals surface area contributed by atoms with Gasteiger partial charge in [0.25, 0.3) is 5.82 Å². The third kappa shape index (κ3) is 3.50. The van der Waals surface area contributed by atoms with Gasteiger partial charge in [-0.05, 0) is 26.7 Å². The zero-order valence-corrected chi connectivity index (χ0v) is 9.25. The van der Waals surface area contributed by atoms with Crippen LogP contribution in [0.4, 0.5) is 0 Å². The van der Waals surface area contributed by atoms with Crippen molar-refractivity contribution in [1.82, 2.24) is 4.98 Å². The minimum absolute atomic E-state index is 0.831. The number of ether oxygens (including phenoxy) is 1. The number of rotatable bonds is 7. The Morgan fingerprint density at radius 2 is 2.21 bits per heavy atom. The molecule has 0 aliphatic heterocycles. The summed E-state index contributed by atoms with van der Waals surface area (Å²) in [5, 5.41) is 0. The predicted molar refractivity (Wildman–Crippen MR) is 56.1 cm³/mol. The van der Waals surface area contributed by atoms with Crippen molar-refractivity contribution in [2.75, 3.05) is 13.2 Å². The van der Waals surface area contributed by atoms with E-state index in [1.807, 2.05) is 13.1 Å². The van der Waals surface area contributed by atoms with Gasteiger partial charge in [-0.15, -0.1) is 0 Å². The minimum Gasteiger partial charge on any atom is -0.382 e. The van der Waals surface area contributed by atoms with Crippen molar-refractivity contribution in [2.24, 2.45) is 0 Å². The van der Waals surface area contributed by atoms with Gasteiger partial charge in [-0.25, -0.2) is 9.55 Å². The van der Waals surface area contributed by atoms with Crippen LogP contribution in [0.2, 0.25) is 0 Å². The van der Waals surface area contributed by atoms with Gasteiger partial charge in [0.05, 0.1) is 6.54 Å². The molecule has 0 aliphatic carbocycles. The number of nitrogens with one attached hydrogen (secondary N) is 1. The van der Waals surface area contributed by atoms with Crippen LogP contribution in [0.25, 0.3) is 0 Å². The largest absolute Gasteiger partial charge is 0.382 e. The van der Waals surface area contributed by atoms with E-state index in [1.165, 1.54) is 12.2 Å². The first kappa shape index (κ1) is 11.2. The minimum atomic E-state index is 0.831. The maximum Gasteiger partial charge on any atom is 0.254 e. The molecule has 0 amide bonds. The van der Waals surface area contributed by atoms with Gasteiger partial charge < -0.3 is 4.74 Å². The van der Waals surface area contributed by atoms with Gasteiger partial charge in [-0.2, -0.15) is 0 Å². The summed E-state index contributed by atoms with van der Waals surface area (Å²) in [6.45, 7) is 6.97. The molecule has 1 N–H and O–H groups in total. The van der Waals surface area contributed by atoms with Gasteiger partial charge in [-0.1, -0.05) is 0 Å². The van der Waals surface area contributed by atoms with Gasteiger partial charge in [-0.3, -0.25) is 0 Å². The standard InChI is InChI=1S/C11H20N2O/c1-3-13-9-8-12-11(13)7-5-6-10-14-4-2/h8-9H,3-7,10H2,1-2H3/p+1. The van der Waals surface area contributed by atoms with Gasteiger partial charge in [0.15, 0.2) is 0 Å². The number of aromatic amines is 1. The van der Waals surface area contributed by atoms with Gasteiger partial charge >= 0.3 is 0 Å². The summed E-state index contributed by atoms with van der Waals surface area (Å²) >= 11 is 0. The highest BCUT2D eigenvalue weighted by atomic mass is 16.5. The van der Waals surface area contributed by atoms with Crippen molar-refractivity contribution < 1.29 is 9.30 Å². The fraction of sp³-hybridized carbons (Fsp3) is 0.727. The summed E-state index contributed by atoms with van der Waals surface area (Å²) in [6.07, 6.45) is 7.56. The summed E-state index contributed by atoms with van der Waals surface area (Å²) in [4.78, 5) is 3.27. The second kappa shape index (κ2) is 6.60. The number of nitrogens with zero attached hydrogens (tertiary/aromatic N) is 1. The molecule has 14 heavy (non-hydrogen) atoms. The van der Waals surface area contributed by atoms with E-state index >= 15 is 0 Å². The Hall–Kier alpha value is -0.830. The average molecular weight is 197 g/mol. The Kier molecular flexibility index (Phi) is 5.30. The summed E-state index contributed by atoms with van der Waals surface area (Å²) in [7, 11) is 0. The maximum atomic E-state index is 5.29. The van der Waals surface area contributed by atoms with Crippen LogP contribution < -0.4 is 4.57 Å². The lowest BCUT2D eigenvalue weighted by Gasteiger charge is -1.99. The van der Waals surface area contributed by atoms with E-state index in [-0.39, 0.29) is 0 Å². The van der Waals surface area contributed by atoms with E-state index in [1.54, 1.807) is 0 Å². The molecule has 0 saturated carbocycles. The molecule has 0 atom stereocenters. The number of H-pyrrole nitrogens is 1. The third-order valence-corrected chi connectivity index (χ3v) is 2.35. The quantitative estimate of drug-likeness (QED) is 0.523. The Balaban J connectivity index is 2.17. The van der Waals surface area contributed by atoms with E-state index in [2.05, 4.69) is 22.7 Å². The van der Waals surface area contributed by atoms with E-state index < -0.39 is 0 Å². The SMILES string of the molecule is CCOCCCCc1[nH]cc[n+]1CC. The van der Waals surface area contributed by atoms with Crippen LogP contribution in [0.15, 0.2) is 12.4 Å². The Bertz CT molecular complexity index is 245. The number of imidazole rings is 1. The number of hydrogen-bond acceptors (Lipinski definition) is 1. The van der Waals surface area contributed by atoms with Crippen molar-refractivity contribution >= 4 is 0 Å². The number of aryl methyl sites for hydroxylation is 2. The molecule has 0 radical (unpaired) electrons. The molecule has 1 aromatic heterocycles. The van der Waals surface area contributed by atoms with Crippen molar-refractivity contribution in [3.63, 3.8) is 0 Å². The number of aromatic nitrogens is 2. The van der Waals surface area contributed by atoms with Crippen LogP contribution in [-0.4, -0.2) is 18.2 Å². The Labute approximate surface area is 86.1 Å². The van der Waals surface area contributed by atoms with Crippen LogP contribution in [-0.2, 0) is 17.7 Å². The lowest BCUT2D eigenvalue weighted by atomic mass is 10.2. The predicted octanol–water partition coefficient (Wildman–Crippen LogP) is 1.68. The second-order valence-electron chi connectivity index (χ2n) is 3.35. The molecule has 0 unspecified atom stereocenters. The monoisotopic (exact) mass is 197 g/mol. The highest BCUT2D eigenvalue weighted by Gasteiger charge is 2.07. The van der Waals surface area contributed by atoms with Crippen molar-refractivity contribution in [3.05, 3.63) is 18.2 Å². The second-order valence-corrected chi connectivity index (χ2v) is 3.35. The van der Waals surface area contributed by atoms with Crippen molar-refractivity contribution in [3.8, 4) is 0 Å². The first-order valence-electron chi connectivity index (χ1n) is 5.52. The van der Waals surface area contributed by atoms with E-state index in [0.717, 1.165) is 32.6 Å². The molecule has 0 bridgehead atoms. The first-order chi connectivity index (χ1) is 6.88. The average Bonchev–Trinajstić information content (AvgIpc) is 2.65. The van der Waals surface area contributed by atoms with Crippen molar-refractivity contribution in [1.29, 1.82) is 0 Å². The van der Waals surface area contributed by atoms with Crippen LogP contribution in [0.5, 0.6) is 0 Å². The molecule has 0 saturated heterocycles. The van der Waals surface area contributed by atoms with Crippen LogP contribution in [0.1, 0.15) is 32.5 Å². The number of unbranched alkanes of at least 4 members (excludes halogenated alkanes) is 1. The van der Waals surface area contributed by atoms with Crippen LogP contribution in [0, 0.1) is 0 Å². The lowest BCUT2D eigenvalue weighted by molar-refractivity contribution is -0.699. The van der Waals surface area contributed by atoms with E-state index in [9.17, 15) is 0 Å². The molecule has 1 rings (SSSR count). The third-order valence-electron chi connectivity index (χ3n) is 2.35. The Morgan fingerprint density at radius 3 is 2.93 bits per heavy atom. The summed E-state index contributed by atoms with van der Waals surface area (Å²) in [5.41, 5.74) is 0. The van der Waals surface area contributed by atoms with Crippen LogP contribution in [0.3, 0.4) is 0 Å². The first-order valence-corrected chi connectivity index (χ1v) is 5.52. The topological polar surface area (TPSA) is 28.9 Å². The normalized spacial score (nSPS) is 10.7. The summed E-state index contributed by atoms with van der Waals surface area (Å²) < 4.78 is 7.54. The lowest BCUT2D eigenvalue weighted by Crippen LogP contribution is -2.34. The summed E-state index contributed by atoms with van der Waals surface area (Å²) in [5.74, 6) is 1.32. The molecule has 0 aromatic carbocycles. The number of hydrogen-bond donors (Lipinski definition) is 1. The summed E-state index contributed by atoms with van der Waals surface area (Å²) in [6, 6.07) is 0.